The Hall–Kier alpha value is -2.37. The number of halogens is 1. The number of hydrogen-bond donors (Lipinski definition) is 2. The van der Waals surface area contributed by atoms with Crippen molar-refractivity contribution in [2.24, 2.45) is 0 Å². The highest BCUT2D eigenvalue weighted by Gasteiger charge is 2.16. The van der Waals surface area contributed by atoms with Crippen molar-refractivity contribution in [3.05, 3.63) is 51.7 Å². The van der Waals surface area contributed by atoms with Crippen molar-refractivity contribution in [2.45, 2.75) is 19.8 Å². The molecule has 0 saturated carbocycles. The van der Waals surface area contributed by atoms with Gasteiger partial charge in [0.2, 0.25) is 0 Å². The molecule has 0 bridgehead atoms. The smallest absolute Gasteiger partial charge is 0.308 e. The number of carboxylic acids is 1. The molecule has 2 rings (SSSR count). The number of carboxylic acid groups (broad SMARTS) is 1. The summed E-state index contributed by atoms with van der Waals surface area (Å²) in [5.74, 6) is -1.46. The zero-order valence-electron chi connectivity index (χ0n) is 10.3. The van der Waals surface area contributed by atoms with E-state index in [0.29, 0.717) is 17.8 Å². The first kappa shape index (κ1) is 13.1. The number of aromatic amines is 1. The van der Waals surface area contributed by atoms with Crippen molar-refractivity contribution in [2.75, 3.05) is 0 Å². The van der Waals surface area contributed by atoms with Crippen LogP contribution in [0.5, 0.6) is 0 Å². The lowest BCUT2D eigenvalue weighted by Gasteiger charge is -2.00. The molecule has 5 nitrogen and oxygen atoms in total. The minimum atomic E-state index is -1.06. The number of nitrogens with one attached hydrogen (secondary N) is 1. The topological polar surface area (TPSA) is 75.1 Å². The molecular formula is C13H13FN2O3. The van der Waals surface area contributed by atoms with E-state index in [1.54, 1.807) is 0 Å². The standard InChI is InChI=1S/C13H13FN2O3/c1-2-11-10(7-12(17)18)13(19)16(15-11)9-5-3-8(14)4-6-9/h3-6,15H,2,7H2,1H3,(H,17,18). The van der Waals surface area contributed by atoms with E-state index >= 15 is 0 Å². The van der Waals surface area contributed by atoms with Crippen LogP contribution in [-0.2, 0) is 17.6 Å². The Morgan fingerprint density at radius 3 is 2.53 bits per heavy atom. The largest absolute Gasteiger partial charge is 0.481 e. The number of H-pyrrole nitrogens is 1. The summed E-state index contributed by atoms with van der Waals surface area (Å²) in [5.41, 5.74) is 0.875. The number of aromatic nitrogens is 2. The number of rotatable bonds is 4. The number of hydrogen-bond acceptors (Lipinski definition) is 2. The maximum absolute atomic E-state index is 12.9. The van der Waals surface area contributed by atoms with Crippen LogP contribution in [0.25, 0.3) is 5.69 Å². The maximum Gasteiger partial charge on any atom is 0.308 e. The van der Waals surface area contributed by atoms with Crippen molar-refractivity contribution in [1.82, 2.24) is 9.78 Å². The van der Waals surface area contributed by atoms with Crippen LogP contribution in [0, 0.1) is 5.82 Å². The fourth-order valence-electron chi connectivity index (χ4n) is 1.92. The first-order valence-electron chi connectivity index (χ1n) is 5.83. The normalized spacial score (nSPS) is 10.6. The SMILES string of the molecule is CCc1[nH]n(-c2ccc(F)cc2)c(=O)c1CC(=O)O. The van der Waals surface area contributed by atoms with E-state index < -0.39 is 17.3 Å². The summed E-state index contributed by atoms with van der Waals surface area (Å²) in [6.07, 6.45) is 0.193. The first-order valence-corrected chi connectivity index (χ1v) is 5.83. The van der Waals surface area contributed by atoms with Gasteiger partial charge in [0, 0.05) is 5.69 Å². The van der Waals surface area contributed by atoms with Gasteiger partial charge in [-0.3, -0.25) is 14.7 Å². The van der Waals surface area contributed by atoms with E-state index in [4.69, 9.17) is 5.11 Å². The number of aliphatic carboxylic acids is 1. The van der Waals surface area contributed by atoms with Crippen LogP contribution in [0.3, 0.4) is 0 Å². The molecule has 0 amide bonds. The highest BCUT2D eigenvalue weighted by atomic mass is 19.1. The first-order chi connectivity index (χ1) is 9.02. The monoisotopic (exact) mass is 264 g/mol. The molecule has 0 aliphatic rings. The summed E-state index contributed by atoms with van der Waals surface area (Å²) >= 11 is 0. The van der Waals surface area contributed by atoms with Gasteiger partial charge in [-0.05, 0) is 30.7 Å². The molecule has 0 aliphatic heterocycles. The van der Waals surface area contributed by atoms with Gasteiger partial charge in [-0.15, -0.1) is 0 Å². The van der Waals surface area contributed by atoms with Crippen LogP contribution in [0.4, 0.5) is 4.39 Å². The van der Waals surface area contributed by atoms with Crippen LogP contribution in [0.15, 0.2) is 29.1 Å². The molecule has 0 aliphatic carbocycles. The minimum Gasteiger partial charge on any atom is -0.481 e. The molecule has 0 atom stereocenters. The molecule has 6 heteroatoms. The molecule has 0 radical (unpaired) electrons. The molecule has 2 N–H and O–H groups in total. The quantitative estimate of drug-likeness (QED) is 0.878. The van der Waals surface area contributed by atoms with Crippen LogP contribution in [0.1, 0.15) is 18.2 Å². The average Bonchev–Trinajstić information content (AvgIpc) is 2.67. The second-order valence-electron chi connectivity index (χ2n) is 4.11. The third-order valence-electron chi connectivity index (χ3n) is 2.84. The fraction of sp³-hybridized carbons (Fsp3) is 0.231. The summed E-state index contributed by atoms with van der Waals surface area (Å²) in [6.45, 7) is 1.83. The highest BCUT2D eigenvalue weighted by Crippen LogP contribution is 2.10. The lowest BCUT2D eigenvalue weighted by Crippen LogP contribution is -2.19. The molecule has 2 aromatic rings. The second kappa shape index (κ2) is 5.09. The number of benzene rings is 1. The molecule has 0 saturated heterocycles. The van der Waals surface area contributed by atoms with E-state index in [0.717, 1.165) is 0 Å². The van der Waals surface area contributed by atoms with E-state index in [1.807, 2.05) is 6.92 Å². The average molecular weight is 264 g/mol. The van der Waals surface area contributed by atoms with Gasteiger partial charge < -0.3 is 5.11 Å². The summed E-state index contributed by atoms with van der Waals surface area (Å²) in [7, 11) is 0. The van der Waals surface area contributed by atoms with E-state index in [9.17, 15) is 14.0 Å². The Morgan fingerprint density at radius 2 is 2.00 bits per heavy atom. The van der Waals surface area contributed by atoms with Crippen molar-refractivity contribution >= 4 is 5.97 Å². The van der Waals surface area contributed by atoms with Gasteiger partial charge in [-0.1, -0.05) is 6.92 Å². The summed E-state index contributed by atoms with van der Waals surface area (Å²) < 4.78 is 14.1. The Kier molecular flexibility index (Phi) is 3.50. The van der Waals surface area contributed by atoms with Gasteiger partial charge in [0.25, 0.3) is 5.56 Å². The lowest BCUT2D eigenvalue weighted by molar-refractivity contribution is -0.136. The van der Waals surface area contributed by atoms with Gasteiger partial charge in [0.15, 0.2) is 0 Å². The van der Waals surface area contributed by atoms with Gasteiger partial charge in [0.1, 0.15) is 5.82 Å². The van der Waals surface area contributed by atoms with Gasteiger partial charge in [0.05, 0.1) is 17.7 Å². The molecule has 1 aromatic carbocycles. The van der Waals surface area contributed by atoms with Crippen LogP contribution in [0.2, 0.25) is 0 Å². The van der Waals surface area contributed by atoms with Crippen molar-refractivity contribution < 1.29 is 14.3 Å². The maximum atomic E-state index is 12.9. The Bertz CT molecular complexity index is 656. The molecule has 0 unspecified atom stereocenters. The van der Waals surface area contributed by atoms with E-state index in [2.05, 4.69) is 5.10 Å². The molecule has 1 aromatic heterocycles. The summed E-state index contributed by atoms with van der Waals surface area (Å²) in [4.78, 5) is 22.9. The molecular weight excluding hydrogens is 251 g/mol. The predicted molar refractivity (Wildman–Crippen MR) is 67.1 cm³/mol. The van der Waals surface area contributed by atoms with Crippen LogP contribution in [-0.4, -0.2) is 20.9 Å². The number of nitrogens with zero attached hydrogens (tertiary/aromatic N) is 1. The molecule has 19 heavy (non-hydrogen) atoms. The third-order valence-corrected chi connectivity index (χ3v) is 2.84. The Labute approximate surface area is 108 Å². The third kappa shape index (κ3) is 2.57. The van der Waals surface area contributed by atoms with Gasteiger partial charge in [-0.25, -0.2) is 9.07 Å². The number of carbonyl (C=O) groups is 1. The van der Waals surface area contributed by atoms with Gasteiger partial charge in [-0.2, -0.15) is 0 Å². The van der Waals surface area contributed by atoms with Gasteiger partial charge >= 0.3 is 5.97 Å². The molecule has 0 spiro atoms. The van der Waals surface area contributed by atoms with Crippen LogP contribution < -0.4 is 5.56 Å². The van der Waals surface area contributed by atoms with Crippen LogP contribution >= 0.6 is 0 Å². The van der Waals surface area contributed by atoms with Crippen molar-refractivity contribution in [3.63, 3.8) is 0 Å². The van der Waals surface area contributed by atoms with E-state index in [-0.39, 0.29) is 12.0 Å². The summed E-state index contributed by atoms with van der Waals surface area (Å²) in [5, 5.41) is 11.7. The molecule has 0 fully saturated rings. The van der Waals surface area contributed by atoms with Crippen molar-refractivity contribution in [1.29, 1.82) is 0 Å². The second-order valence-corrected chi connectivity index (χ2v) is 4.11. The zero-order valence-corrected chi connectivity index (χ0v) is 10.3. The Morgan fingerprint density at radius 1 is 1.37 bits per heavy atom. The highest BCUT2D eigenvalue weighted by molar-refractivity contribution is 5.70. The zero-order chi connectivity index (χ0) is 14.0. The number of aryl methyl sites for hydroxylation is 1. The molecule has 1 heterocycles. The van der Waals surface area contributed by atoms with E-state index in [1.165, 1.54) is 28.9 Å². The van der Waals surface area contributed by atoms with Crippen molar-refractivity contribution in [3.8, 4) is 5.69 Å². The lowest BCUT2D eigenvalue weighted by atomic mass is 10.1. The Balaban J connectivity index is 2.53. The minimum absolute atomic E-state index is 0.235. The fourth-order valence-corrected chi connectivity index (χ4v) is 1.92. The molecule has 100 valence electrons. The predicted octanol–water partition coefficient (Wildman–Crippen LogP) is 1.49. The summed E-state index contributed by atoms with van der Waals surface area (Å²) in [6, 6.07) is 5.39.